The molecule has 1 atom stereocenters. The molecule has 6 rings (SSSR count). The smallest absolute Gasteiger partial charge is 0.337 e. The summed E-state index contributed by atoms with van der Waals surface area (Å²) in [5, 5.41) is 0. The molecule has 1 aliphatic heterocycles. The molecule has 4 heterocycles. The Bertz CT molecular complexity index is 1920. The number of carbonyl (C=O) groups excluding carboxylic acids is 1. The average molecular weight is 617 g/mol. The lowest BCUT2D eigenvalue weighted by Crippen LogP contribution is -2.27. The second-order valence-electron chi connectivity index (χ2n) is 11.8. The van der Waals surface area contributed by atoms with Gasteiger partial charge in [-0.15, -0.1) is 0 Å². The third kappa shape index (κ3) is 6.00. The van der Waals surface area contributed by atoms with Crippen LogP contribution >= 0.6 is 0 Å². The molecule has 1 aliphatic rings. The van der Waals surface area contributed by atoms with Gasteiger partial charge in [0.15, 0.2) is 0 Å². The van der Waals surface area contributed by atoms with E-state index in [1.807, 2.05) is 4.57 Å². The number of carbonyl (C=O) groups is 1. The molecule has 0 spiro atoms. The second kappa shape index (κ2) is 12.0. The molecule has 11 heteroatoms. The van der Waals surface area contributed by atoms with Crippen LogP contribution in [-0.2, 0) is 22.5 Å². The molecule has 0 unspecified atom stereocenters. The number of benzene rings is 2. The molecule has 1 saturated heterocycles. The minimum atomic E-state index is -0.676. The zero-order valence-electron chi connectivity index (χ0n) is 25.2. The summed E-state index contributed by atoms with van der Waals surface area (Å²) in [6, 6.07) is 15.1. The SMILES string of the molecule is COC(=O)c1ccc2nc(Cc3cc(F)c(-c4cccc(OCc5ccc(C)nc5F)n4)cc3F)n([C@@H]3COCC3(C)C)c2c1. The Hall–Kier alpha value is -4.77. The van der Waals surface area contributed by atoms with Crippen LogP contribution in [0.2, 0.25) is 0 Å². The number of ether oxygens (including phenoxy) is 3. The van der Waals surface area contributed by atoms with Crippen LogP contribution in [-0.4, -0.2) is 45.8 Å². The Morgan fingerprint density at radius 1 is 1.00 bits per heavy atom. The van der Waals surface area contributed by atoms with Crippen LogP contribution in [0.5, 0.6) is 5.88 Å². The van der Waals surface area contributed by atoms with Gasteiger partial charge in [-0.2, -0.15) is 4.39 Å². The molecular weight excluding hydrogens is 585 g/mol. The molecule has 3 aromatic heterocycles. The van der Waals surface area contributed by atoms with Crippen LogP contribution in [0.15, 0.2) is 60.7 Å². The number of halogens is 3. The lowest BCUT2D eigenvalue weighted by molar-refractivity contribution is 0.0601. The fourth-order valence-corrected chi connectivity index (χ4v) is 5.59. The maximum absolute atomic E-state index is 15.7. The standard InChI is InChI=1S/C34H31F3N4O4/c1-19-8-9-21(32(37)38-19)16-45-31-7-5-6-26(40-31)23-15-24(35)22(12-25(23)36)14-30-39-27-11-10-20(33(42)43-4)13-28(27)41(30)29-17-44-18-34(29,2)3/h5-13,15,29H,14,16-18H2,1-4H3/t29-/m1/s1. The minimum absolute atomic E-state index is 0.00935. The first-order valence-electron chi connectivity index (χ1n) is 14.4. The van der Waals surface area contributed by atoms with Crippen molar-refractivity contribution in [2.45, 2.75) is 39.8 Å². The van der Waals surface area contributed by atoms with Gasteiger partial charge in [0.2, 0.25) is 11.8 Å². The molecule has 45 heavy (non-hydrogen) atoms. The molecule has 5 aromatic rings. The Morgan fingerprint density at radius 2 is 1.82 bits per heavy atom. The van der Waals surface area contributed by atoms with Gasteiger partial charge in [0.1, 0.15) is 24.1 Å². The van der Waals surface area contributed by atoms with E-state index in [0.29, 0.717) is 41.3 Å². The van der Waals surface area contributed by atoms with E-state index in [9.17, 15) is 9.18 Å². The number of aromatic nitrogens is 4. The second-order valence-corrected chi connectivity index (χ2v) is 11.8. The monoisotopic (exact) mass is 616 g/mol. The van der Waals surface area contributed by atoms with Gasteiger partial charge in [0, 0.05) is 34.7 Å². The highest BCUT2D eigenvalue weighted by atomic mass is 19.1. The van der Waals surface area contributed by atoms with Crippen molar-refractivity contribution in [3.63, 3.8) is 0 Å². The molecule has 0 radical (unpaired) electrons. The Morgan fingerprint density at radius 3 is 2.56 bits per heavy atom. The number of hydrogen-bond acceptors (Lipinski definition) is 7. The number of esters is 1. The summed E-state index contributed by atoms with van der Waals surface area (Å²) in [5.74, 6) is -1.81. The summed E-state index contributed by atoms with van der Waals surface area (Å²) in [7, 11) is 1.31. The summed E-state index contributed by atoms with van der Waals surface area (Å²) >= 11 is 0. The number of hydrogen-bond donors (Lipinski definition) is 0. The quantitative estimate of drug-likeness (QED) is 0.140. The molecule has 0 amide bonds. The molecule has 1 fully saturated rings. The Kier molecular flexibility index (Phi) is 8.05. The van der Waals surface area contributed by atoms with Crippen molar-refractivity contribution >= 4 is 17.0 Å². The van der Waals surface area contributed by atoms with Gasteiger partial charge >= 0.3 is 5.97 Å². The fourth-order valence-electron chi connectivity index (χ4n) is 5.59. The zero-order valence-corrected chi connectivity index (χ0v) is 25.2. The van der Waals surface area contributed by atoms with Crippen molar-refractivity contribution in [2.75, 3.05) is 20.3 Å². The number of pyridine rings is 2. The highest BCUT2D eigenvalue weighted by Crippen LogP contribution is 2.40. The van der Waals surface area contributed by atoms with Gasteiger partial charge in [-0.1, -0.05) is 19.9 Å². The van der Waals surface area contributed by atoms with Crippen LogP contribution in [0.4, 0.5) is 13.2 Å². The summed E-state index contributed by atoms with van der Waals surface area (Å²) in [6.45, 7) is 6.60. The first kappa shape index (κ1) is 30.3. The molecular formula is C34H31F3N4O4. The van der Waals surface area contributed by atoms with E-state index in [0.717, 1.165) is 12.1 Å². The lowest BCUT2D eigenvalue weighted by Gasteiger charge is -2.28. The van der Waals surface area contributed by atoms with Crippen molar-refractivity contribution in [3.05, 3.63) is 106 Å². The third-order valence-electron chi connectivity index (χ3n) is 8.07. The highest BCUT2D eigenvalue weighted by molar-refractivity contribution is 5.93. The van der Waals surface area contributed by atoms with E-state index in [1.54, 1.807) is 55.5 Å². The number of fused-ring (bicyclic) bond motifs is 1. The van der Waals surface area contributed by atoms with E-state index >= 15 is 8.78 Å². The van der Waals surface area contributed by atoms with Gasteiger partial charge < -0.3 is 18.8 Å². The predicted molar refractivity (Wildman–Crippen MR) is 160 cm³/mol. The molecule has 0 bridgehead atoms. The van der Waals surface area contributed by atoms with E-state index in [2.05, 4.69) is 23.8 Å². The van der Waals surface area contributed by atoms with Gasteiger partial charge in [-0.25, -0.2) is 28.5 Å². The van der Waals surface area contributed by atoms with Crippen LogP contribution in [0, 0.1) is 29.9 Å². The summed E-state index contributed by atoms with van der Waals surface area (Å²) in [5.41, 5.74) is 2.36. The average Bonchev–Trinajstić information content (AvgIpc) is 3.55. The Labute approximate surface area is 257 Å². The maximum atomic E-state index is 15.7. The lowest BCUT2D eigenvalue weighted by atomic mass is 9.87. The molecule has 0 saturated carbocycles. The van der Waals surface area contributed by atoms with Crippen LogP contribution in [0.25, 0.3) is 22.3 Å². The molecule has 8 nitrogen and oxygen atoms in total. The molecule has 0 N–H and O–H groups in total. The molecule has 2 aromatic carbocycles. The van der Waals surface area contributed by atoms with Crippen LogP contribution in [0.1, 0.15) is 52.9 Å². The highest BCUT2D eigenvalue weighted by Gasteiger charge is 2.39. The number of imidazole rings is 1. The number of rotatable bonds is 8. The minimum Gasteiger partial charge on any atom is -0.473 e. The van der Waals surface area contributed by atoms with E-state index in [-0.39, 0.29) is 52.7 Å². The molecule has 232 valence electrons. The summed E-state index contributed by atoms with van der Waals surface area (Å²) in [6.07, 6.45) is -0.00935. The fraction of sp³-hybridized carbons (Fsp3) is 0.294. The van der Waals surface area contributed by atoms with Crippen molar-refractivity contribution in [3.8, 4) is 17.1 Å². The van der Waals surface area contributed by atoms with E-state index in [4.69, 9.17) is 19.2 Å². The van der Waals surface area contributed by atoms with Crippen molar-refractivity contribution in [2.24, 2.45) is 5.41 Å². The number of methoxy groups -OCH3 is 1. The van der Waals surface area contributed by atoms with Gasteiger partial charge in [-0.05, 0) is 61.0 Å². The van der Waals surface area contributed by atoms with Crippen LogP contribution in [0.3, 0.4) is 0 Å². The summed E-state index contributed by atoms with van der Waals surface area (Å²) < 4.78 is 63.7. The van der Waals surface area contributed by atoms with Gasteiger partial charge in [0.05, 0.1) is 48.7 Å². The van der Waals surface area contributed by atoms with Gasteiger partial charge in [0.25, 0.3) is 0 Å². The summed E-state index contributed by atoms with van der Waals surface area (Å²) in [4.78, 5) is 25.2. The van der Waals surface area contributed by atoms with Crippen LogP contribution < -0.4 is 4.74 Å². The van der Waals surface area contributed by atoms with Gasteiger partial charge in [-0.3, -0.25) is 0 Å². The Balaban J connectivity index is 1.31. The largest absolute Gasteiger partial charge is 0.473 e. The first-order chi connectivity index (χ1) is 21.5. The zero-order chi connectivity index (χ0) is 31.9. The number of nitrogens with zero attached hydrogens (tertiary/aromatic N) is 4. The predicted octanol–water partition coefficient (Wildman–Crippen LogP) is 6.77. The van der Waals surface area contributed by atoms with Crippen molar-refractivity contribution < 1.29 is 32.2 Å². The topological polar surface area (TPSA) is 88.4 Å². The molecule has 0 aliphatic carbocycles. The normalized spacial score (nSPS) is 15.8. The first-order valence-corrected chi connectivity index (χ1v) is 14.4. The maximum Gasteiger partial charge on any atom is 0.337 e. The third-order valence-corrected chi connectivity index (χ3v) is 8.07. The number of aryl methyl sites for hydroxylation is 1. The van der Waals surface area contributed by atoms with Crippen molar-refractivity contribution in [1.29, 1.82) is 0 Å². The van der Waals surface area contributed by atoms with E-state index < -0.39 is 23.6 Å². The van der Waals surface area contributed by atoms with Crippen molar-refractivity contribution in [1.82, 2.24) is 19.5 Å². The van der Waals surface area contributed by atoms with E-state index in [1.165, 1.54) is 7.11 Å².